The van der Waals surface area contributed by atoms with E-state index in [4.69, 9.17) is 4.74 Å². The molecule has 1 aliphatic rings. The van der Waals surface area contributed by atoms with Crippen LogP contribution in [0, 0.1) is 0 Å². The van der Waals surface area contributed by atoms with Crippen LogP contribution in [0.3, 0.4) is 0 Å². The summed E-state index contributed by atoms with van der Waals surface area (Å²) in [6, 6.07) is 8.69. The summed E-state index contributed by atoms with van der Waals surface area (Å²) in [5, 5.41) is 0. The number of hydrogen-bond acceptors (Lipinski definition) is 7. The minimum atomic E-state index is -4.38. The van der Waals surface area contributed by atoms with Crippen molar-refractivity contribution >= 4 is 29.5 Å². The van der Waals surface area contributed by atoms with Gasteiger partial charge in [0.2, 0.25) is 11.7 Å². The lowest BCUT2D eigenvalue weighted by molar-refractivity contribution is -0.131. The van der Waals surface area contributed by atoms with E-state index in [1.165, 1.54) is 12.1 Å². The summed E-state index contributed by atoms with van der Waals surface area (Å²) in [4.78, 5) is 32.0. The lowest BCUT2D eigenvalue weighted by atomic mass is 9.90. The van der Waals surface area contributed by atoms with Gasteiger partial charge in [-0.2, -0.15) is 13.2 Å². The number of Topliss-reactive ketones (excluding diaryl/α,β-unsaturated/α-hetero) is 1. The first-order valence-corrected chi connectivity index (χ1v) is 10.8. The fourth-order valence-electron chi connectivity index (χ4n) is 3.89. The van der Waals surface area contributed by atoms with Crippen molar-refractivity contribution in [3.8, 4) is 5.88 Å². The lowest BCUT2D eigenvalue weighted by Crippen LogP contribution is -2.51. The third-order valence-electron chi connectivity index (χ3n) is 5.37. The number of pyridine rings is 1. The van der Waals surface area contributed by atoms with E-state index in [9.17, 15) is 22.8 Å². The summed E-state index contributed by atoms with van der Waals surface area (Å²) in [6.07, 6.45) is 1.95. The van der Waals surface area contributed by atoms with E-state index >= 15 is 0 Å². The number of carbonyl (C=O) groups is 2. The highest BCUT2D eigenvalue weighted by Gasteiger charge is 2.50. The minimum Gasteiger partial charge on any atom is -0.478 e. The third-order valence-corrected chi connectivity index (χ3v) is 6.11. The molecular formula is C22H24F3N3O3S. The lowest BCUT2D eigenvalue weighted by Gasteiger charge is -2.34. The number of nitrogens with zero attached hydrogens (tertiary/aromatic N) is 3. The van der Waals surface area contributed by atoms with E-state index in [0.29, 0.717) is 37.7 Å². The number of aldehydes is 1. The van der Waals surface area contributed by atoms with Crippen molar-refractivity contribution in [2.45, 2.75) is 49.3 Å². The topological polar surface area (TPSA) is 62.7 Å². The molecule has 2 aromatic rings. The van der Waals surface area contributed by atoms with E-state index in [0.717, 1.165) is 5.56 Å². The second-order valence-electron chi connectivity index (χ2n) is 7.86. The number of alkyl halides is 3. The summed E-state index contributed by atoms with van der Waals surface area (Å²) in [7, 11) is 0. The predicted molar refractivity (Wildman–Crippen MR) is 116 cm³/mol. The van der Waals surface area contributed by atoms with Crippen LogP contribution in [0.1, 0.15) is 26.3 Å². The summed E-state index contributed by atoms with van der Waals surface area (Å²) in [5.41, 5.74) is -3.61. The van der Waals surface area contributed by atoms with Crippen LogP contribution in [0.2, 0.25) is 0 Å². The Morgan fingerprint density at radius 2 is 1.97 bits per heavy atom. The smallest absolute Gasteiger partial charge is 0.446 e. The Morgan fingerprint density at radius 1 is 1.28 bits per heavy atom. The van der Waals surface area contributed by atoms with Gasteiger partial charge in [-0.15, -0.1) is 0 Å². The van der Waals surface area contributed by atoms with Crippen molar-refractivity contribution < 1.29 is 27.5 Å². The molecule has 0 aliphatic carbocycles. The van der Waals surface area contributed by atoms with Gasteiger partial charge < -0.3 is 9.64 Å². The highest BCUT2D eigenvalue weighted by atomic mass is 32.2. The second-order valence-corrected chi connectivity index (χ2v) is 9.00. The van der Waals surface area contributed by atoms with Crippen LogP contribution >= 0.6 is 11.8 Å². The molecule has 1 atom stereocenters. The Hall–Kier alpha value is -2.59. The number of hydrogen-bond donors (Lipinski definition) is 0. The van der Waals surface area contributed by atoms with Gasteiger partial charge in [-0.3, -0.25) is 14.5 Å². The van der Waals surface area contributed by atoms with E-state index < -0.39 is 22.9 Å². The molecule has 1 aromatic heterocycles. The number of anilines is 1. The summed E-state index contributed by atoms with van der Waals surface area (Å²) >= 11 is -0.199. The van der Waals surface area contributed by atoms with Gasteiger partial charge in [0, 0.05) is 34.9 Å². The molecule has 6 nitrogen and oxygen atoms in total. The molecule has 10 heteroatoms. The number of halogens is 3. The standard InChI is InChI=1S/C22H24F3N3O3S/c1-4-31-19-11-15(9-10-26-19)12-27-14-28(20(18(30)13-29)21(27,2)3)16-5-7-17(8-6-16)32-22(23,24)25/h5-11,13,20H,4,12,14H2,1-3H3. The van der Waals surface area contributed by atoms with Gasteiger partial charge >= 0.3 is 5.51 Å². The van der Waals surface area contributed by atoms with Gasteiger partial charge in [0.05, 0.1) is 13.3 Å². The maximum absolute atomic E-state index is 12.6. The van der Waals surface area contributed by atoms with E-state index in [2.05, 4.69) is 4.98 Å². The normalized spacial score (nSPS) is 18.6. The first kappa shape index (κ1) is 24.1. The van der Waals surface area contributed by atoms with E-state index in [1.807, 2.05) is 37.8 Å². The van der Waals surface area contributed by atoms with Gasteiger partial charge in [0.25, 0.3) is 0 Å². The van der Waals surface area contributed by atoms with Crippen molar-refractivity contribution in [3.05, 3.63) is 48.2 Å². The quantitative estimate of drug-likeness (QED) is 0.326. The molecule has 1 fully saturated rings. The SMILES string of the molecule is CCOc1cc(CN2CN(c3ccc(SC(F)(F)F)cc3)C(C(=O)C=O)C2(C)C)ccn1. The van der Waals surface area contributed by atoms with Crippen LogP contribution < -0.4 is 9.64 Å². The highest BCUT2D eigenvalue weighted by Crippen LogP contribution is 2.40. The Bertz CT molecular complexity index is 967. The number of benzene rings is 1. The first-order chi connectivity index (χ1) is 15.0. The molecule has 0 bridgehead atoms. The molecule has 1 aromatic carbocycles. The van der Waals surface area contributed by atoms with E-state index in [1.54, 1.807) is 23.2 Å². The zero-order valence-corrected chi connectivity index (χ0v) is 18.7. The predicted octanol–water partition coefficient (Wildman–Crippen LogP) is 4.29. The monoisotopic (exact) mass is 467 g/mol. The zero-order valence-electron chi connectivity index (χ0n) is 17.9. The van der Waals surface area contributed by atoms with Crippen molar-refractivity contribution in [1.82, 2.24) is 9.88 Å². The molecule has 1 unspecified atom stereocenters. The van der Waals surface area contributed by atoms with Crippen LogP contribution in [-0.2, 0) is 16.1 Å². The van der Waals surface area contributed by atoms with Crippen molar-refractivity contribution in [1.29, 1.82) is 0 Å². The molecule has 0 saturated carbocycles. The Balaban J connectivity index is 1.88. The molecule has 0 spiro atoms. The molecule has 3 rings (SSSR count). The second kappa shape index (κ2) is 9.50. The molecular weight excluding hydrogens is 443 g/mol. The van der Waals surface area contributed by atoms with Crippen molar-refractivity contribution in [2.24, 2.45) is 0 Å². The molecule has 0 radical (unpaired) electrons. The number of carbonyl (C=O) groups excluding carboxylic acids is 2. The fourth-order valence-corrected chi connectivity index (χ4v) is 4.43. The molecule has 32 heavy (non-hydrogen) atoms. The number of ketones is 1. The summed E-state index contributed by atoms with van der Waals surface area (Å²) in [5.74, 6) is -0.0897. The van der Waals surface area contributed by atoms with Crippen LogP contribution in [0.5, 0.6) is 5.88 Å². The number of rotatable bonds is 8. The van der Waals surface area contributed by atoms with Crippen molar-refractivity contribution in [2.75, 3.05) is 18.2 Å². The molecule has 1 aliphatic heterocycles. The summed E-state index contributed by atoms with van der Waals surface area (Å²) < 4.78 is 43.4. The third kappa shape index (κ3) is 5.42. The molecule has 0 N–H and O–H groups in total. The Kier molecular flexibility index (Phi) is 7.14. The van der Waals surface area contributed by atoms with Crippen LogP contribution in [0.25, 0.3) is 0 Å². The number of aromatic nitrogens is 1. The van der Waals surface area contributed by atoms with Gasteiger partial charge in [-0.05, 0) is 68.4 Å². The van der Waals surface area contributed by atoms with Crippen LogP contribution in [-0.4, -0.2) is 52.3 Å². The average Bonchev–Trinajstić information content (AvgIpc) is 2.97. The summed E-state index contributed by atoms with van der Waals surface area (Å²) in [6.45, 7) is 6.88. The molecule has 2 heterocycles. The molecule has 172 valence electrons. The minimum absolute atomic E-state index is 0.0510. The number of ether oxygens (including phenoxy) is 1. The van der Waals surface area contributed by atoms with Gasteiger partial charge in [0.1, 0.15) is 6.04 Å². The van der Waals surface area contributed by atoms with Crippen LogP contribution in [0.15, 0.2) is 47.5 Å². The maximum atomic E-state index is 12.6. The largest absolute Gasteiger partial charge is 0.478 e. The first-order valence-electron chi connectivity index (χ1n) is 9.99. The van der Waals surface area contributed by atoms with Gasteiger partial charge in [-0.25, -0.2) is 4.98 Å². The highest BCUT2D eigenvalue weighted by molar-refractivity contribution is 8.00. The fraction of sp³-hybridized carbons (Fsp3) is 0.409. The van der Waals surface area contributed by atoms with Crippen LogP contribution in [0.4, 0.5) is 18.9 Å². The van der Waals surface area contributed by atoms with E-state index in [-0.39, 0.29) is 16.7 Å². The Labute approximate surface area is 188 Å². The van der Waals surface area contributed by atoms with Crippen molar-refractivity contribution in [3.63, 3.8) is 0 Å². The average molecular weight is 468 g/mol. The maximum Gasteiger partial charge on any atom is 0.446 e. The molecule has 1 saturated heterocycles. The Morgan fingerprint density at radius 3 is 2.56 bits per heavy atom. The zero-order chi connectivity index (χ0) is 23.5. The van der Waals surface area contributed by atoms with Gasteiger partial charge in [-0.1, -0.05) is 0 Å². The molecule has 0 amide bonds. The number of thioether (sulfide) groups is 1. The van der Waals surface area contributed by atoms with Gasteiger partial charge in [0.15, 0.2) is 6.29 Å².